The highest BCUT2D eigenvalue weighted by molar-refractivity contribution is 6.25. The van der Waals surface area contributed by atoms with Gasteiger partial charge in [-0.05, 0) is 37.8 Å². The molecule has 0 spiro atoms. The second kappa shape index (κ2) is 11.7. The number of para-hydroxylation sites is 1. The van der Waals surface area contributed by atoms with Crippen LogP contribution in [0.15, 0.2) is 70.8 Å². The molecule has 6 rings (SSSR count). The first-order chi connectivity index (χ1) is 22.4. The lowest BCUT2D eigenvalue weighted by Crippen LogP contribution is -2.40. The van der Waals surface area contributed by atoms with Gasteiger partial charge in [0.25, 0.3) is 0 Å². The standard InChI is InChI=1S/C33H30N4O10/c1-16-12-25(39)29-22(31(16)40)15-21-18(27(29)19-6-4-5-7-26(19)47-11-10-38)8-9-20-28(21)33(42)35(32(20)41)17-13-23(36(43)44)30(34(2)3)24(14-17)37(45)46/h4-8,12-14,20-21,27-28,38H,9-11,15H2,1-3H3/t20-,21+,27+,28-/m0/s1. The van der Waals surface area contributed by atoms with Crippen molar-refractivity contribution < 1.29 is 38.9 Å². The smallest absolute Gasteiger partial charge is 0.301 e. The number of carbonyl (C=O) groups excluding carboxylic acids is 4. The Balaban J connectivity index is 1.49. The topological polar surface area (TPSA) is 190 Å². The SMILES string of the molecule is CC1=CC(=O)C2=C(C[C@@H]3C(=CC[C@@H]4C(=O)N(c5cc([N+](=O)[O-])c(N(C)C)c([N+](=O)[O-])c5)C(=O)[C@@H]43)[C@@H]2c2ccccc2OCCO)C1=O. The molecule has 1 heterocycles. The molecule has 0 bridgehead atoms. The van der Waals surface area contributed by atoms with Crippen LogP contribution in [0, 0.1) is 38.0 Å². The monoisotopic (exact) mass is 642 g/mol. The predicted molar refractivity (Wildman–Crippen MR) is 167 cm³/mol. The van der Waals surface area contributed by atoms with Crippen molar-refractivity contribution in [2.75, 3.05) is 37.1 Å². The third kappa shape index (κ3) is 4.92. The molecule has 2 amide bonds. The van der Waals surface area contributed by atoms with E-state index in [1.165, 1.54) is 32.0 Å². The van der Waals surface area contributed by atoms with Crippen LogP contribution in [-0.2, 0) is 19.2 Å². The number of carbonyl (C=O) groups is 4. The zero-order chi connectivity index (χ0) is 33.9. The highest BCUT2D eigenvalue weighted by Gasteiger charge is 2.57. The molecule has 4 aliphatic rings. The van der Waals surface area contributed by atoms with Gasteiger partial charge in [-0.3, -0.25) is 39.4 Å². The molecule has 14 heteroatoms. The lowest BCUT2D eigenvalue weighted by molar-refractivity contribution is -0.392. The highest BCUT2D eigenvalue weighted by atomic mass is 16.6. The van der Waals surface area contributed by atoms with Crippen LogP contribution in [0.1, 0.15) is 31.2 Å². The Kier molecular flexibility index (Phi) is 7.83. The maximum Gasteiger partial charge on any atom is 0.301 e. The Morgan fingerprint density at radius 3 is 2.28 bits per heavy atom. The van der Waals surface area contributed by atoms with Crippen LogP contribution >= 0.6 is 0 Å². The number of Topliss-reactive ketones (excluding diaryl/α,β-unsaturated/α-hetero) is 1. The van der Waals surface area contributed by atoms with Gasteiger partial charge in [0, 0.05) is 54.4 Å². The summed E-state index contributed by atoms with van der Waals surface area (Å²) in [5.74, 6) is -5.10. The molecule has 0 unspecified atom stereocenters. The summed E-state index contributed by atoms with van der Waals surface area (Å²) < 4.78 is 5.82. The van der Waals surface area contributed by atoms with Crippen LogP contribution in [-0.4, -0.2) is 65.6 Å². The molecule has 1 fully saturated rings. The second-order valence-corrected chi connectivity index (χ2v) is 12.1. The Hall–Kier alpha value is -5.50. The van der Waals surface area contributed by atoms with Crippen LogP contribution in [0.2, 0.25) is 0 Å². The number of nitrogens with zero attached hydrogens (tertiary/aromatic N) is 4. The lowest BCUT2D eigenvalue weighted by Gasteiger charge is -2.42. The summed E-state index contributed by atoms with van der Waals surface area (Å²) in [5.41, 5.74) is 0.0813. The first-order valence-corrected chi connectivity index (χ1v) is 14.9. The van der Waals surface area contributed by atoms with Crippen molar-refractivity contribution in [2.45, 2.75) is 25.7 Å². The van der Waals surface area contributed by atoms with E-state index in [0.29, 0.717) is 16.9 Å². The van der Waals surface area contributed by atoms with Gasteiger partial charge in [-0.25, -0.2) is 4.90 Å². The van der Waals surface area contributed by atoms with E-state index in [0.717, 1.165) is 17.0 Å². The molecule has 2 aromatic carbocycles. The molecule has 0 radical (unpaired) electrons. The number of nitro groups is 2. The van der Waals surface area contributed by atoms with Crippen LogP contribution in [0.4, 0.5) is 22.7 Å². The number of fused-ring (bicyclic) bond motifs is 3. The number of hydrogen-bond acceptors (Lipinski definition) is 11. The van der Waals surface area contributed by atoms with Gasteiger partial charge in [0.1, 0.15) is 12.4 Å². The van der Waals surface area contributed by atoms with E-state index in [9.17, 15) is 44.5 Å². The average molecular weight is 643 g/mol. The fourth-order valence-corrected chi connectivity index (χ4v) is 7.45. The summed E-state index contributed by atoms with van der Waals surface area (Å²) in [6.07, 6.45) is 3.19. The molecule has 1 N–H and O–H groups in total. The van der Waals surface area contributed by atoms with Crippen LogP contribution in [0.25, 0.3) is 0 Å². The van der Waals surface area contributed by atoms with Crippen molar-refractivity contribution in [3.8, 4) is 5.75 Å². The Morgan fingerprint density at radius 1 is 1.00 bits per heavy atom. The first kappa shape index (κ1) is 31.5. The van der Waals surface area contributed by atoms with E-state index < -0.39 is 56.7 Å². The minimum atomic E-state index is -1.01. The van der Waals surface area contributed by atoms with Crippen LogP contribution < -0.4 is 14.5 Å². The molecule has 1 aliphatic heterocycles. The van der Waals surface area contributed by atoms with E-state index in [1.807, 2.05) is 0 Å². The number of aliphatic hydroxyl groups is 1. The normalized spacial score (nSPS) is 23.5. The molecule has 14 nitrogen and oxygen atoms in total. The van der Waals surface area contributed by atoms with E-state index in [4.69, 9.17) is 4.74 Å². The zero-order valence-corrected chi connectivity index (χ0v) is 25.7. The van der Waals surface area contributed by atoms with Crippen LogP contribution in [0.3, 0.4) is 0 Å². The second-order valence-electron chi connectivity index (χ2n) is 12.1. The number of nitro benzene ring substituents is 2. The predicted octanol–water partition coefficient (Wildman–Crippen LogP) is 3.57. The van der Waals surface area contributed by atoms with Crippen molar-refractivity contribution >= 4 is 46.1 Å². The molecule has 3 aliphatic carbocycles. The number of imide groups is 1. The summed E-state index contributed by atoms with van der Waals surface area (Å²) in [6.45, 7) is 1.25. The number of hydrogen-bond donors (Lipinski definition) is 1. The highest BCUT2D eigenvalue weighted by Crippen LogP contribution is 2.56. The molecule has 0 saturated carbocycles. The fourth-order valence-electron chi connectivity index (χ4n) is 7.45. The number of anilines is 2. The van der Waals surface area contributed by atoms with E-state index in [2.05, 4.69) is 0 Å². The van der Waals surface area contributed by atoms with Crippen molar-refractivity contribution in [1.82, 2.24) is 0 Å². The summed E-state index contributed by atoms with van der Waals surface area (Å²) in [5, 5.41) is 33.5. The van der Waals surface area contributed by atoms with E-state index >= 15 is 0 Å². The molecule has 47 heavy (non-hydrogen) atoms. The number of ether oxygens (including phenoxy) is 1. The molecular formula is C33H30N4O10. The minimum absolute atomic E-state index is 0.000966. The van der Waals surface area contributed by atoms with Crippen molar-refractivity contribution in [3.05, 3.63) is 96.6 Å². The van der Waals surface area contributed by atoms with Gasteiger partial charge in [-0.15, -0.1) is 0 Å². The Morgan fingerprint density at radius 2 is 1.66 bits per heavy atom. The van der Waals surface area contributed by atoms with Gasteiger partial charge in [0.15, 0.2) is 17.3 Å². The lowest BCUT2D eigenvalue weighted by atomic mass is 9.59. The van der Waals surface area contributed by atoms with Gasteiger partial charge in [0.05, 0.1) is 34.0 Å². The summed E-state index contributed by atoms with van der Waals surface area (Å²) in [7, 11) is 2.82. The number of aliphatic hydroxyl groups excluding tert-OH is 1. The maximum absolute atomic E-state index is 14.3. The third-order valence-electron chi connectivity index (χ3n) is 9.29. The van der Waals surface area contributed by atoms with Gasteiger partial charge in [0.2, 0.25) is 11.8 Å². The summed E-state index contributed by atoms with van der Waals surface area (Å²) in [4.78, 5) is 79.8. The van der Waals surface area contributed by atoms with E-state index in [-0.39, 0.29) is 65.7 Å². The Labute approximate surface area is 267 Å². The number of allylic oxidation sites excluding steroid dienone is 6. The number of ketones is 2. The maximum atomic E-state index is 14.3. The average Bonchev–Trinajstić information content (AvgIpc) is 3.30. The zero-order valence-electron chi connectivity index (χ0n) is 25.7. The van der Waals surface area contributed by atoms with Gasteiger partial charge in [-0.2, -0.15) is 0 Å². The Bertz CT molecular complexity index is 1860. The van der Waals surface area contributed by atoms with Crippen molar-refractivity contribution in [2.24, 2.45) is 17.8 Å². The minimum Gasteiger partial charge on any atom is -0.491 e. The molecule has 4 atom stereocenters. The number of rotatable bonds is 8. The summed E-state index contributed by atoms with van der Waals surface area (Å²) >= 11 is 0. The number of benzene rings is 2. The number of amides is 2. The molecule has 0 aromatic heterocycles. The van der Waals surface area contributed by atoms with E-state index in [1.54, 1.807) is 30.3 Å². The van der Waals surface area contributed by atoms with Crippen LogP contribution in [0.5, 0.6) is 5.75 Å². The van der Waals surface area contributed by atoms with Gasteiger partial charge >= 0.3 is 11.4 Å². The quantitative estimate of drug-likeness (QED) is 0.146. The third-order valence-corrected chi connectivity index (χ3v) is 9.29. The van der Waals surface area contributed by atoms with Gasteiger partial charge in [-0.1, -0.05) is 29.8 Å². The molecule has 242 valence electrons. The molecular weight excluding hydrogens is 612 g/mol. The fraction of sp³-hybridized carbons (Fsp3) is 0.333. The molecule has 2 aromatic rings. The van der Waals surface area contributed by atoms with Crippen molar-refractivity contribution in [1.29, 1.82) is 0 Å². The first-order valence-electron chi connectivity index (χ1n) is 14.9. The van der Waals surface area contributed by atoms with Gasteiger partial charge < -0.3 is 14.7 Å². The van der Waals surface area contributed by atoms with Crippen molar-refractivity contribution in [3.63, 3.8) is 0 Å². The summed E-state index contributed by atoms with van der Waals surface area (Å²) in [6, 6.07) is 8.88. The largest absolute Gasteiger partial charge is 0.491 e. The molecule has 1 saturated heterocycles.